The first-order valence-corrected chi connectivity index (χ1v) is 8.09. The van der Waals surface area contributed by atoms with Crippen molar-refractivity contribution in [1.82, 2.24) is 5.32 Å². The van der Waals surface area contributed by atoms with E-state index in [9.17, 15) is 0 Å². The molecule has 2 heterocycles. The number of hydrogen-bond donors (Lipinski definition) is 1. The summed E-state index contributed by atoms with van der Waals surface area (Å²) in [6.45, 7) is 6.37. The lowest BCUT2D eigenvalue weighted by Crippen LogP contribution is -2.35. The third-order valence-corrected chi connectivity index (χ3v) is 4.78. The van der Waals surface area contributed by atoms with E-state index in [4.69, 9.17) is 9.47 Å². The summed E-state index contributed by atoms with van der Waals surface area (Å²) in [6, 6.07) is 8.60. The van der Waals surface area contributed by atoms with Crippen molar-refractivity contribution < 1.29 is 9.47 Å². The predicted octanol–water partition coefficient (Wildman–Crippen LogP) is 3.32. The summed E-state index contributed by atoms with van der Waals surface area (Å²) in [5.41, 5.74) is 1.35. The predicted molar refractivity (Wildman–Crippen MR) is 83.2 cm³/mol. The molecule has 0 radical (unpaired) electrons. The first kappa shape index (κ1) is 14.0. The van der Waals surface area contributed by atoms with Gasteiger partial charge in [-0.3, -0.25) is 0 Å². The van der Waals surface area contributed by atoms with Gasteiger partial charge < -0.3 is 14.8 Å². The first-order valence-electron chi connectivity index (χ1n) is 7.28. The zero-order valence-corrected chi connectivity index (χ0v) is 12.7. The summed E-state index contributed by atoms with van der Waals surface area (Å²) in [7, 11) is 0. The normalized spacial score (nSPS) is 15.7. The van der Waals surface area contributed by atoms with Crippen LogP contribution in [0.3, 0.4) is 0 Å². The molecule has 1 aromatic carbocycles. The van der Waals surface area contributed by atoms with Crippen molar-refractivity contribution >= 4 is 21.4 Å². The number of benzene rings is 1. The zero-order valence-electron chi connectivity index (χ0n) is 11.9. The van der Waals surface area contributed by atoms with Crippen LogP contribution in [0.5, 0.6) is 0 Å². The average Bonchev–Trinajstić information content (AvgIpc) is 2.76. The van der Waals surface area contributed by atoms with Gasteiger partial charge in [-0.2, -0.15) is 0 Å². The molecule has 0 aliphatic carbocycles. The molecule has 3 nitrogen and oxygen atoms in total. The van der Waals surface area contributed by atoms with E-state index in [2.05, 4.69) is 36.5 Å². The fraction of sp³-hybridized carbons (Fsp3) is 0.500. The van der Waals surface area contributed by atoms with Crippen molar-refractivity contribution in [3.05, 3.63) is 34.7 Å². The molecule has 20 heavy (non-hydrogen) atoms. The minimum absolute atomic E-state index is 0.283. The molecular weight excluding hydrogens is 270 g/mol. The van der Waals surface area contributed by atoms with Crippen molar-refractivity contribution in [3.8, 4) is 0 Å². The van der Waals surface area contributed by atoms with E-state index >= 15 is 0 Å². The maximum absolute atomic E-state index is 5.93. The number of ether oxygens (including phenoxy) is 2. The van der Waals surface area contributed by atoms with Crippen LogP contribution in [0.15, 0.2) is 24.3 Å². The Hall–Kier alpha value is -0.940. The van der Waals surface area contributed by atoms with Crippen LogP contribution in [-0.2, 0) is 22.6 Å². The van der Waals surface area contributed by atoms with Gasteiger partial charge in [0.15, 0.2) is 0 Å². The third-order valence-electron chi connectivity index (χ3n) is 3.57. The number of rotatable bonds is 7. The Balaban J connectivity index is 1.78. The summed E-state index contributed by atoms with van der Waals surface area (Å²) >= 11 is 1.88. The Bertz CT molecular complexity index is 563. The highest BCUT2D eigenvalue weighted by molar-refractivity contribution is 7.19. The molecule has 1 N–H and O–H groups in total. The monoisotopic (exact) mass is 291 g/mol. The Morgan fingerprint density at radius 1 is 1.35 bits per heavy atom. The van der Waals surface area contributed by atoms with Gasteiger partial charge in [-0.05, 0) is 24.4 Å². The van der Waals surface area contributed by atoms with Gasteiger partial charge in [0.2, 0.25) is 0 Å². The molecule has 0 spiro atoms. The Morgan fingerprint density at radius 3 is 2.95 bits per heavy atom. The Morgan fingerprint density at radius 2 is 2.20 bits per heavy atom. The zero-order chi connectivity index (χ0) is 13.8. The molecule has 3 rings (SSSR count). The number of thiophene rings is 1. The highest BCUT2D eigenvalue weighted by Crippen LogP contribution is 2.32. The summed E-state index contributed by atoms with van der Waals surface area (Å²) in [5.74, 6) is 0. The van der Waals surface area contributed by atoms with Crippen LogP contribution in [-0.4, -0.2) is 25.9 Å². The van der Waals surface area contributed by atoms with Crippen molar-refractivity contribution in [3.63, 3.8) is 0 Å². The van der Waals surface area contributed by atoms with Crippen LogP contribution in [0.1, 0.15) is 23.8 Å². The van der Waals surface area contributed by atoms with E-state index in [1.807, 2.05) is 11.3 Å². The highest BCUT2D eigenvalue weighted by Gasteiger charge is 2.20. The second kappa shape index (κ2) is 6.68. The second-order valence-corrected chi connectivity index (χ2v) is 6.28. The fourth-order valence-corrected chi connectivity index (χ4v) is 3.52. The van der Waals surface area contributed by atoms with Gasteiger partial charge >= 0.3 is 0 Å². The minimum Gasteiger partial charge on any atom is -0.376 e. The average molecular weight is 291 g/mol. The molecule has 1 aliphatic heterocycles. The standard InChI is InChI=1S/C16H21NO2S/c1-2-7-17-8-16-14(11-19-12-9-18-10-12)13-5-3-4-6-15(13)20-16/h3-6,12,17H,2,7-11H2,1H3. The van der Waals surface area contributed by atoms with Crippen LogP contribution in [0.25, 0.3) is 10.1 Å². The first-order chi connectivity index (χ1) is 9.88. The van der Waals surface area contributed by atoms with Gasteiger partial charge in [-0.1, -0.05) is 25.1 Å². The number of nitrogens with one attached hydrogen (secondary N) is 1. The van der Waals surface area contributed by atoms with E-state index in [0.717, 1.165) is 32.7 Å². The molecule has 1 aliphatic rings. The van der Waals surface area contributed by atoms with Crippen LogP contribution in [0, 0.1) is 0 Å². The lowest BCUT2D eigenvalue weighted by molar-refractivity contribution is -0.135. The molecule has 0 unspecified atom stereocenters. The van der Waals surface area contributed by atoms with E-state index in [0.29, 0.717) is 6.61 Å². The van der Waals surface area contributed by atoms with E-state index in [1.165, 1.54) is 20.5 Å². The molecular formula is C16H21NO2S. The summed E-state index contributed by atoms with van der Waals surface area (Å²) in [4.78, 5) is 1.40. The molecule has 4 heteroatoms. The van der Waals surface area contributed by atoms with Crippen molar-refractivity contribution in [2.75, 3.05) is 19.8 Å². The molecule has 0 bridgehead atoms. The van der Waals surface area contributed by atoms with E-state index in [1.54, 1.807) is 0 Å². The quantitative estimate of drug-likeness (QED) is 0.794. The minimum atomic E-state index is 0.283. The summed E-state index contributed by atoms with van der Waals surface area (Å²) < 4.78 is 12.4. The number of fused-ring (bicyclic) bond motifs is 1. The molecule has 2 aromatic rings. The smallest absolute Gasteiger partial charge is 0.105 e. The maximum Gasteiger partial charge on any atom is 0.105 e. The van der Waals surface area contributed by atoms with Crippen LogP contribution in [0.4, 0.5) is 0 Å². The van der Waals surface area contributed by atoms with Gasteiger partial charge in [0, 0.05) is 21.7 Å². The van der Waals surface area contributed by atoms with Gasteiger partial charge in [-0.25, -0.2) is 0 Å². The molecule has 1 saturated heterocycles. The van der Waals surface area contributed by atoms with E-state index < -0.39 is 0 Å². The largest absolute Gasteiger partial charge is 0.376 e. The third kappa shape index (κ3) is 3.04. The number of hydrogen-bond acceptors (Lipinski definition) is 4. The SMILES string of the molecule is CCCNCc1sc2ccccc2c1COC1COC1. The molecule has 108 valence electrons. The molecule has 0 atom stereocenters. The van der Waals surface area contributed by atoms with Gasteiger partial charge in [0.05, 0.1) is 19.8 Å². The lowest BCUT2D eigenvalue weighted by atomic mass is 10.1. The molecule has 0 amide bonds. The van der Waals surface area contributed by atoms with Crippen molar-refractivity contribution in [2.45, 2.75) is 32.6 Å². The van der Waals surface area contributed by atoms with Crippen molar-refractivity contribution in [2.24, 2.45) is 0 Å². The molecule has 1 aromatic heterocycles. The van der Waals surface area contributed by atoms with Gasteiger partial charge in [0.1, 0.15) is 6.10 Å². The maximum atomic E-state index is 5.93. The van der Waals surface area contributed by atoms with E-state index in [-0.39, 0.29) is 6.10 Å². The highest BCUT2D eigenvalue weighted by atomic mass is 32.1. The fourth-order valence-electron chi connectivity index (χ4n) is 2.34. The molecule has 1 fully saturated rings. The van der Waals surface area contributed by atoms with Gasteiger partial charge in [-0.15, -0.1) is 11.3 Å². The van der Waals surface area contributed by atoms with Crippen molar-refractivity contribution in [1.29, 1.82) is 0 Å². The summed E-state index contributed by atoms with van der Waals surface area (Å²) in [6.07, 6.45) is 1.45. The Kier molecular flexibility index (Phi) is 4.68. The van der Waals surface area contributed by atoms with Crippen LogP contribution in [0.2, 0.25) is 0 Å². The second-order valence-electron chi connectivity index (χ2n) is 5.15. The molecule has 0 saturated carbocycles. The van der Waals surface area contributed by atoms with Crippen LogP contribution < -0.4 is 5.32 Å². The lowest BCUT2D eigenvalue weighted by Gasteiger charge is -2.26. The Labute approximate surface area is 123 Å². The van der Waals surface area contributed by atoms with Gasteiger partial charge in [0.25, 0.3) is 0 Å². The summed E-state index contributed by atoms with van der Waals surface area (Å²) in [5, 5.41) is 4.84. The van der Waals surface area contributed by atoms with Crippen LogP contribution >= 0.6 is 11.3 Å². The topological polar surface area (TPSA) is 30.5 Å².